The molecule has 8 heteroatoms. The molecule has 1 unspecified atom stereocenters. The molecule has 3 heterocycles. The van der Waals surface area contributed by atoms with Gasteiger partial charge in [0.1, 0.15) is 23.4 Å². The third-order valence-corrected chi connectivity index (χ3v) is 3.86. The highest BCUT2D eigenvalue weighted by Gasteiger charge is 2.29. The van der Waals surface area contributed by atoms with Crippen LogP contribution >= 0.6 is 0 Å². The normalized spacial score (nSPS) is 17.8. The lowest BCUT2D eigenvalue weighted by molar-refractivity contribution is -0.0268. The zero-order chi connectivity index (χ0) is 16.9. The van der Waals surface area contributed by atoms with Gasteiger partial charge in [0.15, 0.2) is 5.82 Å². The van der Waals surface area contributed by atoms with E-state index in [0.717, 1.165) is 18.7 Å². The van der Waals surface area contributed by atoms with E-state index in [0.29, 0.717) is 37.0 Å². The number of morpholine rings is 1. The highest BCUT2D eigenvalue weighted by Crippen LogP contribution is 2.21. The number of aromatic nitrogens is 4. The van der Waals surface area contributed by atoms with E-state index in [2.05, 4.69) is 27.1 Å². The van der Waals surface area contributed by atoms with Crippen LogP contribution in [-0.4, -0.2) is 57.8 Å². The van der Waals surface area contributed by atoms with Crippen LogP contribution < -0.4 is 4.74 Å². The fourth-order valence-corrected chi connectivity index (χ4v) is 2.61. The number of ether oxygens (including phenoxy) is 2. The SMILES string of the molecule is CCCc1nc(C2CN(C(=O)c3cc(OC)ccn3)CCO2)n[nH]1. The topological polar surface area (TPSA) is 93.2 Å². The lowest BCUT2D eigenvalue weighted by atomic mass is 10.2. The van der Waals surface area contributed by atoms with E-state index >= 15 is 0 Å². The molecular weight excluding hydrogens is 310 g/mol. The average molecular weight is 331 g/mol. The average Bonchev–Trinajstić information content (AvgIpc) is 3.10. The number of hydrogen-bond donors (Lipinski definition) is 1. The third kappa shape index (κ3) is 3.53. The number of nitrogens with zero attached hydrogens (tertiary/aromatic N) is 4. The van der Waals surface area contributed by atoms with Crippen LogP contribution in [0.5, 0.6) is 5.75 Å². The minimum atomic E-state index is -0.324. The molecule has 3 rings (SSSR count). The van der Waals surface area contributed by atoms with Crippen molar-refractivity contribution in [3.63, 3.8) is 0 Å². The summed E-state index contributed by atoms with van der Waals surface area (Å²) in [4.78, 5) is 23.0. The maximum absolute atomic E-state index is 12.7. The van der Waals surface area contributed by atoms with Crippen LogP contribution in [0.25, 0.3) is 0 Å². The minimum Gasteiger partial charge on any atom is -0.497 e. The summed E-state index contributed by atoms with van der Waals surface area (Å²) in [6.07, 6.45) is 3.08. The first-order valence-corrected chi connectivity index (χ1v) is 8.03. The van der Waals surface area contributed by atoms with Crippen LogP contribution in [0.1, 0.15) is 41.6 Å². The largest absolute Gasteiger partial charge is 0.497 e. The number of carbonyl (C=O) groups is 1. The predicted molar refractivity (Wildman–Crippen MR) is 85.8 cm³/mol. The second-order valence-corrected chi connectivity index (χ2v) is 5.58. The molecule has 0 bridgehead atoms. The maximum Gasteiger partial charge on any atom is 0.272 e. The summed E-state index contributed by atoms with van der Waals surface area (Å²) in [5.74, 6) is 1.89. The molecule has 0 aromatic carbocycles. The van der Waals surface area contributed by atoms with Crippen LogP contribution in [-0.2, 0) is 11.2 Å². The summed E-state index contributed by atoms with van der Waals surface area (Å²) < 4.78 is 10.9. The van der Waals surface area contributed by atoms with E-state index in [1.54, 1.807) is 30.3 Å². The van der Waals surface area contributed by atoms with Gasteiger partial charge in [-0.25, -0.2) is 4.98 Å². The number of amides is 1. The minimum absolute atomic E-state index is 0.147. The molecule has 2 aromatic rings. The summed E-state index contributed by atoms with van der Waals surface area (Å²) >= 11 is 0. The predicted octanol–water partition coefficient (Wildman–Crippen LogP) is 1.37. The monoisotopic (exact) mass is 331 g/mol. The molecule has 1 N–H and O–H groups in total. The number of aryl methyl sites for hydroxylation is 1. The Morgan fingerprint density at radius 3 is 3.21 bits per heavy atom. The first-order valence-electron chi connectivity index (χ1n) is 8.03. The van der Waals surface area contributed by atoms with E-state index < -0.39 is 0 Å². The van der Waals surface area contributed by atoms with Gasteiger partial charge in [-0.1, -0.05) is 6.92 Å². The fraction of sp³-hybridized carbons (Fsp3) is 0.500. The quantitative estimate of drug-likeness (QED) is 0.889. The Labute approximate surface area is 140 Å². The van der Waals surface area contributed by atoms with Crippen LogP contribution in [0, 0.1) is 0 Å². The molecule has 8 nitrogen and oxygen atoms in total. The molecule has 0 aliphatic carbocycles. The number of rotatable bonds is 5. The Bertz CT molecular complexity index is 703. The highest BCUT2D eigenvalue weighted by molar-refractivity contribution is 5.92. The van der Waals surface area contributed by atoms with E-state index in [4.69, 9.17) is 9.47 Å². The van der Waals surface area contributed by atoms with Gasteiger partial charge in [0.05, 0.1) is 20.3 Å². The van der Waals surface area contributed by atoms with Gasteiger partial charge in [0, 0.05) is 25.2 Å². The van der Waals surface area contributed by atoms with Crippen molar-refractivity contribution in [2.24, 2.45) is 0 Å². The second-order valence-electron chi connectivity index (χ2n) is 5.58. The number of methoxy groups -OCH3 is 1. The summed E-state index contributed by atoms with van der Waals surface area (Å²) in [6, 6.07) is 3.35. The van der Waals surface area contributed by atoms with Gasteiger partial charge < -0.3 is 14.4 Å². The molecule has 1 amide bonds. The van der Waals surface area contributed by atoms with Crippen LogP contribution in [0.4, 0.5) is 0 Å². The molecule has 1 fully saturated rings. The van der Waals surface area contributed by atoms with E-state index in [9.17, 15) is 4.79 Å². The van der Waals surface area contributed by atoms with Gasteiger partial charge in [-0.15, -0.1) is 0 Å². The standard InChI is InChI=1S/C16H21N5O3/c1-3-4-14-18-15(20-19-14)13-10-21(7-8-24-13)16(22)12-9-11(23-2)5-6-17-12/h5-6,9,13H,3-4,7-8,10H2,1-2H3,(H,18,19,20). The van der Waals surface area contributed by atoms with Crippen molar-refractivity contribution in [2.75, 3.05) is 26.8 Å². The molecule has 1 saturated heterocycles. The first kappa shape index (κ1) is 16.4. The van der Waals surface area contributed by atoms with Crippen LogP contribution in [0.15, 0.2) is 18.3 Å². The molecule has 1 aliphatic rings. The summed E-state index contributed by atoms with van der Waals surface area (Å²) in [5, 5.41) is 7.14. The number of pyridine rings is 1. The van der Waals surface area contributed by atoms with Crippen LogP contribution in [0.2, 0.25) is 0 Å². The van der Waals surface area contributed by atoms with Crippen molar-refractivity contribution in [1.82, 2.24) is 25.1 Å². The molecule has 1 atom stereocenters. The molecule has 128 valence electrons. The Kier molecular flexibility index (Phi) is 5.05. The molecule has 1 aliphatic heterocycles. The summed E-state index contributed by atoms with van der Waals surface area (Å²) in [6.45, 7) is 3.44. The van der Waals surface area contributed by atoms with Crippen molar-refractivity contribution in [1.29, 1.82) is 0 Å². The number of nitrogens with one attached hydrogen (secondary N) is 1. The number of hydrogen-bond acceptors (Lipinski definition) is 6. The van der Waals surface area contributed by atoms with Crippen LogP contribution in [0.3, 0.4) is 0 Å². The van der Waals surface area contributed by atoms with Gasteiger partial charge in [-0.2, -0.15) is 5.10 Å². The van der Waals surface area contributed by atoms with Crippen molar-refractivity contribution < 1.29 is 14.3 Å². The molecule has 0 spiro atoms. The van der Waals surface area contributed by atoms with E-state index in [1.807, 2.05) is 0 Å². The smallest absolute Gasteiger partial charge is 0.272 e. The summed E-state index contributed by atoms with van der Waals surface area (Å²) in [5.41, 5.74) is 0.358. The zero-order valence-corrected chi connectivity index (χ0v) is 13.9. The van der Waals surface area contributed by atoms with Gasteiger partial charge in [0.2, 0.25) is 0 Å². The Morgan fingerprint density at radius 2 is 2.42 bits per heavy atom. The van der Waals surface area contributed by atoms with Crippen molar-refractivity contribution in [3.8, 4) is 5.75 Å². The lowest BCUT2D eigenvalue weighted by Crippen LogP contribution is -2.42. The number of H-pyrrole nitrogens is 1. The number of carbonyl (C=O) groups excluding carboxylic acids is 1. The second kappa shape index (κ2) is 7.39. The van der Waals surface area contributed by atoms with Gasteiger partial charge >= 0.3 is 0 Å². The molecule has 2 aromatic heterocycles. The molecule has 0 radical (unpaired) electrons. The number of aromatic amines is 1. The molecular formula is C16H21N5O3. The lowest BCUT2D eigenvalue weighted by Gasteiger charge is -2.31. The highest BCUT2D eigenvalue weighted by atomic mass is 16.5. The van der Waals surface area contributed by atoms with Gasteiger partial charge in [-0.3, -0.25) is 14.9 Å². The van der Waals surface area contributed by atoms with E-state index in [-0.39, 0.29) is 12.0 Å². The van der Waals surface area contributed by atoms with Crippen molar-refractivity contribution in [3.05, 3.63) is 35.7 Å². The zero-order valence-electron chi connectivity index (χ0n) is 13.9. The third-order valence-electron chi connectivity index (χ3n) is 3.86. The molecule has 0 saturated carbocycles. The van der Waals surface area contributed by atoms with Gasteiger partial charge in [0.25, 0.3) is 5.91 Å². The first-order chi connectivity index (χ1) is 11.7. The summed E-state index contributed by atoms with van der Waals surface area (Å²) in [7, 11) is 1.56. The molecule has 24 heavy (non-hydrogen) atoms. The Balaban J connectivity index is 1.71. The Hall–Kier alpha value is -2.48. The Morgan fingerprint density at radius 1 is 1.54 bits per heavy atom. The van der Waals surface area contributed by atoms with Crippen molar-refractivity contribution >= 4 is 5.91 Å². The van der Waals surface area contributed by atoms with Gasteiger partial charge in [-0.05, 0) is 12.5 Å². The fourth-order valence-electron chi connectivity index (χ4n) is 2.61. The maximum atomic E-state index is 12.7. The van der Waals surface area contributed by atoms with E-state index in [1.165, 1.54) is 0 Å². The van der Waals surface area contributed by atoms with Crippen molar-refractivity contribution in [2.45, 2.75) is 25.9 Å².